The smallest absolute Gasteiger partial charge is 0.248 e. The molecule has 8 heterocycles. The van der Waals surface area contributed by atoms with E-state index in [1.54, 1.807) is 36.6 Å². The first-order valence-electron chi connectivity index (χ1n) is 28.3. The number of ether oxygens (including phenoxy) is 1. The van der Waals surface area contributed by atoms with E-state index in [4.69, 9.17) is 14.8 Å². The van der Waals surface area contributed by atoms with Gasteiger partial charge < -0.3 is 24.3 Å². The maximum absolute atomic E-state index is 14.3. The number of likely N-dealkylation sites (N-methyl/N-ethyl adjacent to an activating group) is 2. The number of H-pyrrole nitrogens is 1. The van der Waals surface area contributed by atoms with Gasteiger partial charge in [-0.2, -0.15) is 10.2 Å². The zero-order chi connectivity index (χ0) is 55.9. The molecular weight excluding hydrogens is 1020 g/mol. The van der Waals surface area contributed by atoms with Crippen molar-refractivity contribution >= 4 is 80.1 Å². The maximum atomic E-state index is 14.3. The Morgan fingerprint density at radius 2 is 1.15 bits per heavy atom. The molecule has 0 spiro atoms. The first-order chi connectivity index (χ1) is 39.4. The Morgan fingerprint density at radius 3 is 1.67 bits per heavy atom. The van der Waals surface area contributed by atoms with Gasteiger partial charge in [0.2, 0.25) is 23.6 Å². The molecule has 2 saturated carbocycles. The zero-order valence-corrected chi connectivity index (χ0v) is 46.8. The van der Waals surface area contributed by atoms with E-state index < -0.39 is 0 Å². The van der Waals surface area contributed by atoms with Crippen LogP contribution in [-0.2, 0) is 25.7 Å². The molecule has 4 amide bonds. The predicted molar refractivity (Wildman–Crippen MR) is 314 cm³/mol. The normalized spacial score (nSPS) is 19.2. The van der Waals surface area contributed by atoms with Crippen molar-refractivity contribution in [2.75, 3.05) is 93.2 Å². The van der Waals surface area contributed by atoms with Crippen LogP contribution in [0.1, 0.15) is 55.2 Å². The summed E-state index contributed by atoms with van der Waals surface area (Å²) >= 11 is 0. The minimum atomic E-state index is -0.192. The average molecular weight is 1090 g/mol. The molecular formula is C62H70N14O5. The van der Waals surface area contributed by atoms with E-state index in [2.05, 4.69) is 75.2 Å². The third-order valence-corrected chi connectivity index (χ3v) is 16.7. The monoisotopic (exact) mass is 1090 g/mol. The number of pyridine rings is 2. The molecule has 2 atom stereocenters. The second-order valence-corrected chi connectivity index (χ2v) is 22.4. The van der Waals surface area contributed by atoms with Gasteiger partial charge in [0.25, 0.3) is 0 Å². The van der Waals surface area contributed by atoms with Crippen LogP contribution in [0.2, 0.25) is 0 Å². The topological polar surface area (TPSA) is 176 Å². The Balaban J connectivity index is 0.000000165. The number of anilines is 6. The summed E-state index contributed by atoms with van der Waals surface area (Å²) in [7, 11) is 5.85. The van der Waals surface area contributed by atoms with E-state index in [1.807, 2.05) is 104 Å². The number of hydrogen-bond donors (Lipinski definition) is 1. The number of aryl methyl sites for hydroxylation is 2. The molecule has 81 heavy (non-hydrogen) atoms. The van der Waals surface area contributed by atoms with Gasteiger partial charge in [-0.05, 0) is 121 Å². The number of carbonyl (C=O) groups is 4. The number of amides is 4. The molecule has 6 aliphatic rings. The highest BCUT2D eigenvalue weighted by atomic mass is 16.5. The van der Waals surface area contributed by atoms with Crippen LogP contribution in [0, 0.1) is 13.8 Å². The van der Waals surface area contributed by atoms with Gasteiger partial charge in [0.1, 0.15) is 18.8 Å². The molecule has 19 nitrogen and oxygen atoms in total. The fraction of sp³-hybridized carbons (Fsp3) is 0.387. The Hall–Kier alpha value is -8.42. The molecule has 0 bridgehead atoms. The van der Waals surface area contributed by atoms with Gasteiger partial charge >= 0.3 is 0 Å². The van der Waals surface area contributed by atoms with Gasteiger partial charge in [0.05, 0.1) is 47.9 Å². The van der Waals surface area contributed by atoms with Crippen LogP contribution in [0.5, 0.6) is 5.75 Å². The Bertz CT molecular complexity index is 3530. The largest absolute Gasteiger partial charge is 0.497 e. The summed E-state index contributed by atoms with van der Waals surface area (Å²) in [4.78, 5) is 79.3. The lowest BCUT2D eigenvalue weighted by molar-refractivity contribution is -0.126. The van der Waals surface area contributed by atoms with Crippen molar-refractivity contribution in [3.05, 3.63) is 138 Å². The van der Waals surface area contributed by atoms with E-state index in [-0.39, 0.29) is 48.8 Å². The Labute approximate surface area is 472 Å². The second kappa shape index (κ2) is 22.6. The number of nitrogens with one attached hydrogen (secondary N) is 1. The number of likely N-dealkylation sites (tertiary alicyclic amines) is 2. The SMILES string of the molecule is COc1ccc(Cn2nc3c4c(ccnc42)N(c2ccc(C)cc2)CC(=O)N3[C@@H]2CCN(C(=O)/C=C/CN(C)C3CC3)C2)cc1.Cc1ccc(N2CC(=O)N([C@@H]3CCN(C(=O)/C=C/CN(C)C4CC4)C3)c3n[nH]c4nccc2c34)cc1. The summed E-state index contributed by atoms with van der Waals surface area (Å²) < 4.78 is 7.22. The summed E-state index contributed by atoms with van der Waals surface area (Å²) in [6, 6.07) is 29.2. The first kappa shape index (κ1) is 53.2. The van der Waals surface area contributed by atoms with Gasteiger partial charge in [0, 0.05) is 87.3 Å². The number of carbonyl (C=O) groups excluding carboxylic acids is 4. The van der Waals surface area contributed by atoms with Crippen LogP contribution in [0.3, 0.4) is 0 Å². The second-order valence-electron chi connectivity index (χ2n) is 22.4. The molecule has 0 unspecified atom stereocenters. The van der Waals surface area contributed by atoms with E-state index in [9.17, 15) is 19.2 Å². The average Bonchev–Trinajstić information content (AvgIpc) is 3.92. The summed E-state index contributed by atoms with van der Waals surface area (Å²) in [6.07, 6.45) is 17.2. The standard InChI is InChI=1S/C35H39N7O3.C27H31N7O2/c1-24-6-10-27(11-7-24)40-23-32(44)42(28-17-20-39(22-28)31(43)5-4-19-38(2)26-12-13-26)35-33-30(40)16-18-36-34(33)41(37-35)21-25-8-14-29(45-3)15-9-25;1-18-5-7-20(8-6-18)33-17-24(36)34(27-25-22(33)11-13-28-26(25)29-30-27)21-12-15-32(16-21)23(35)4-3-14-31(2)19-9-10-19/h4-11,14-16,18,26,28H,12-13,17,19-23H2,1-3H3;3-8,11,13,19,21H,9-10,12,14-17H2,1-2H3,(H,28,29,30)/b5-4+;4-3+/t28-;21-/m11/s1. The van der Waals surface area contributed by atoms with Gasteiger partial charge in [-0.1, -0.05) is 59.7 Å². The summed E-state index contributed by atoms with van der Waals surface area (Å²) in [5.41, 5.74) is 8.38. The van der Waals surface area contributed by atoms with Crippen molar-refractivity contribution in [1.82, 2.24) is 49.5 Å². The molecule has 0 radical (unpaired) electrons. The molecule has 3 aromatic carbocycles. The first-order valence-corrected chi connectivity index (χ1v) is 28.3. The third kappa shape index (κ3) is 11.1. The number of hydrogen-bond acceptors (Lipinski definition) is 13. The molecule has 2 saturated heterocycles. The van der Waals surface area contributed by atoms with Gasteiger partial charge in [-0.25, -0.2) is 14.6 Å². The van der Waals surface area contributed by atoms with Crippen LogP contribution in [0.4, 0.5) is 34.4 Å². The summed E-state index contributed by atoms with van der Waals surface area (Å²) in [5, 5.41) is 14.3. The van der Waals surface area contributed by atoms with Crippen molar-refractivity contribution in [3.8, 4) is 5.75 Å². The predicted octanol–water partition coefficient (Wildman–Crippen LogP) is 7.53. The van der Waals surface area contributed by atoms with Crippen LogP contribution < -0.4 is 24.3 Å². The highest BCUT2D eigenvalue weighted by Gasteiger charge is 2.41. The lowest BCUT2D eigenvalue weighted by Crippen LogP contribution is -2.46. The minimum Gasteiger partial charge on any atom is -0.497 e. The number of aromatic amines is 1. The van der Waals surface area contributed by atoms with Crippen molar-refractivity contribution in [2.24, 2.45) is 0 Å². The molecule has 4 aliphatic heterocycles. The van der Waals surface area contributed by atoms with E-state index in [0.717, 1.165) is 69.1 Å². The van der Waals surface area contributed by atoms with E-state index >= 15 is 0 Å². The number of rotatable bonds is 15. The molecule has 2 aliphatic carbocycles. The lowest BCUT2D eigenvalue weighted by Gasteiger charge is -2.28. The van der Waals surface area contributed by atoms with Crippen molar-refractivity contribution < 1.29 is 23.9 Å². The Morgan fingerprint density at radius 1 is 0.642 bits per heavy atom. The quantitative estimate of drug-likeness (QED) is 0.0999. The van der Waals surface area contributed by atoms with Crippen LogP contribution >= 0.6 is 0 Å². The maximum Gasteiger partial charge on any atom is 0.248 e. The van der Waals surface area contributed by atoms with E-state index in [1.165, 1.54) is 25.7 Å². The summed E-state index contributed by atoms with van der Waals surface area (Å²) in [5.74, 6) is 1.87. The highest BCUT2D eigenvalue weighted by Crippen LogP contribution is 2.43. The van der Waals surface area contributed by atoms with E-state index in [0.29, 0.717) is 80.6 Å². The molecule has 4 aromatic heterocycles. The minimum absolute atomic E-state index is 0.000471. The van der Waals surface area contributed by atoms with Gasteiger partial charge in [0.15, 0.2) is 22.9 Å². The zero-order valence-electron chi connectivity index (χ0n) is 46.8. The van der Waals surface area contributed by atoms with Crippen LogP contribution in [-0.4, -0.2) is 171 Å². The van der Waals surface area contributed by atoms with Crippen molar-refractivity contribution in [3.63, 3.8) is 0 Å². The highest BCUT2D eigenvalue weighted by molar-refractivity contribution is 6.13. The molecule has 418 valence electrons. The third-order valence-electron chi connectivity index (χ3n) is 16.7. The molecule has 13 rings (SSSR count). The Kier molecular flexibility index (Phi) is 14.9. The number of aromatic nitrogens is 6. The number of nitrogens with zero attached hydrogens (tertiary/aromatic N) is 13. The van der Waals surface area contributed by atoms with Gasteiger partial charge in [-0.3, -0.25) is 43.9 Å². The van der Waals surface area contributed by atoms with Gasteiger partial charge in [-0.15, -0.1) is 0 Å². The fourth-order valence-corrected chi connectivity index (χ4v) is 11.8. The molecule has 19 heteroatoms. The fourth-order valence-electron chi connectivity index (χ4n) is 11.8. The number of methoxy groups -OCH3 is 1. The van der Waals surface area contributed by atoms with Crippen LogP contribution in [0.15, 0.2) is 122 Å². The number of benzene rings is 3. The summed E-state index contributed by atoms with van der Waals surface area (Å²) in [6.45, 7) is 8.64. The molecule has 4 fully saturated rings. The van der Waals surface area contributed by atoms with Crippen molar-refractivity contribution in [1.29, 1.82) is 0 Å². The van der Waals surface area contributed by atoms with Crippen molar-refractivity contribution in [2.45, 2.75) is 83.1 Å². The molecule has 1 N–H and O–H groups in total. The molecule has 7 aromatic rings. The van der Waals surface area contributed by atoms with Crippen LogP contribution in [0.25, 0.3) is 22.1 Å². The lowest BCUT2D eigenvalue weighted by atomic mass is 10.2.